The van der Waals surface area contributed by atoms with Gasteiger partial charge < -0.3 is 10.6 Å². The van der Waals surface area contributed by atoms with E-state index in [0.717, 1.165) is 18.2 Å². The number of halogens is 6. The number of carbonyl (C=O) groups excluding carboxylic acids is 2. The molecule has 0 heterocycles. The second kappa shape index (κ2) is 5.84. The molecule has 0 unspecified atom stereocenters. The molecule has 21 heavy (non-hydrogen) atoms. The van der Waals surface area contributed by atoms with Crippen LogP contribution in [0.2, 0.25) is 0 Å². The lowest BCUT2D eigenvalue weighted by Crippen LogP contribution is -2.31. The molecule has 0 aromatic heterocycles. The topological polar surface area (TPSA) is 58.2 Å². The maximum Gasteiger partial charge on any atom is 0.471 e. The number of benzene rings is 1. The first-order chi connectivity index (χ1) is 9.43. The van der Waals surface area contributed by atoms with Crippen molar-refractivity contribution in [3.05, 3.63) is 18.2 Å². The highest BCUT2D eigenvalue weighted by Gasteiger charge is 2.40. The van der Waals surface area contributed by atoms with E-state index in [0.29, 0.717) is 0 Å². The highest BCUT2D eigenvalue weighted by atomic mass is 32.1. The van der Waals surface area contributed by atoms with Gasteiger partial charge in [0.1, 0.15) is 0 Å². The van der Waals surface area contributed by atoms with Crippen LogP contribution in [0.4, 0.5) is 37.7 Å². The summed E-state index contributed by atoms with van der Waals surface area (Å²) in [5.41, 5.74) is -0.999. The molecule has 0 aliphatic heterocycles. The van der Waals surface area contributed by atoms with Crippen LogP contribution in [-0.4, -0.2) is 24.2 Å². The standard InChI is InChI=1S/C10H6F6N2O2S/c11-9(12,13)7(19)17-4-2-1-3-5(6(4)21)18-8(20)10(14,15)16/h1-3,21H,(H,17,19)(H,18,20). The number of hydrogen-bond donors (Lipinski definition) is 3. The van der Waals surface area contributed by atoms with Gasteiger partial charge in [0.2, 0.25) is 0 Å². The SMILES string of the molecule is O=C(Nc1cccc(NC(=O)C(F)(F)F)c1S)C(F)(F)F. The fourth-order valence-electron chi connectivity index (χ4n) is 1.13. The summed E-state index contributed by atoms with van der Waals surface area (Å²) in [5, 5.41) is 2.86. The van der Waals surface area contributed by atoms with Gasteiger partial charge in [-0.25, -0.2) is 0 Å². The van der Waals surface area contributed by atoms with E-state index in [-0.39, 0.29) is 0 Å². The molecule has 1 aromatic carbocycles. The average Bonchev–Trinajstić information content (AvgIpc) is 2.31. The second-order valence-electron chi connectivity index (χ2n) is 3.61. The molecule has 0 aliphatic rings. The molecule has 2 N–H and O–H groups in total. The first-order valence-electron chi connectivity index (χ1n) is 5.01. The summed E-state index contributed by atoms with van der Waals surface area (Å²) in [4.78, 5) is 21.0. The van der Waals surface area contributed by atoms with Gasteiger partial charge in [0.25, 0.3) is 0 Å². The van der Waals surface area contributed by atoms with Crippen molar-refractivity contribution in [2.24, 2.45) is 0 Å². The number of hydrogen-bond acceptors (Lipinski definition) is 3. The van der Waals surface area contributed by atoms with Gasteiger partial charge in [0.05, 0.1) is 16.3 Å². The number of amides is 2. The summed E-state index contributed by atoms with van der Waals surface area (Å²) >= 11 is 3.69. The third kappa shape index (κ3) is 4.55. The van der Waals surface area contributed by atoms with Gasteiger partial charge in [0, 0.05) is 0 Å². The summed E-state index contributed by atoms with van der Waals surface area (Å²) in [6.45, 7) is 0. The van der Waals surface area contributed by atoms with E-state index in [9.17, 15) is 35.9 Å². The Labute approximate surface area is 118 Å². The fraction of sp³-hybridized carbons (Fsp3) is 0.200. The fourth-order valence-corrected chi connectivity index (χ4v) is 1.39. The molecule has 0 fully saturated rings. The number of alkyl halides is 6. The third-order valence-electron chi connectivity index (χ3n) is 2.05. The van der Waals surface area contributed by atoms with E-state index in [4.69, 9.17) is 0 Å². The lowest BCUT2D eigenvalue weighted by Gasteiger charge is -2.14. The summed E-state index contributed by atoms with van der Waals surface area (Å²) in [5.74, 6) is -4.64. The van der Waals surface area contributed by atoms with Crippen molar-refractivity contribution in [1.29, 1.82) is 0 Å². The van der Waals surface area contributed by atoms with Crippen molar-refractivity contribution in [2.75, 3.05) is 10.6 Å². The van der Waals surface area contributed by atoms with Crippen LogP contribution in [0.25, 0.3) is 0 Å². The molecule has 0 bridgehead atoms. The van der Waals surface area contributed by atoms with Crippen molar-refractivity contribution < 1.29 is 35.9 Å². The summed E-state index contributed by atoms with van der Waals surface area (Å²) in [6, 6.07) is 3.00. The Morgan fingerprint density at radius 1 is 0.857 bits per heavy atom. The largest absolute Gasteiger partial charge is 0.471 e. The predicted molar refractivity (Wildman–Crippen MR) is 63.1 cm³/mol. The van der Waals surface area contributed by atoms with Crippen molar-refractivity contribution in [1.82, 2.24) is 0 Å². The molecule has 0 saturated heterocycles. The Morgan fingerprint density at radius 2 is 1.19 bits per heavy atom. The molecule has 1 rings (SSSR count). The molecular weight excluding hydrogens is 326 g/mol. The van der Waals surface area contributed by atoms with Crippen molar-refractivity contribution in [3.8, 4) is 0 Å². The van der Waals surface area contributed by atoms with E-state index >= 15 is 0 Å². The molecule has 0 spiro atoms. The van der Waals surface area contributed by atoms with E-state index < -0.39 is 40.4 Å². The molecular formula is C10H6F6N2O2S. The number of anilines is 2. The smallest absolute Gasteiger partial charge is 0.317 e. The van der Waals surface area contributed by atoms with Gasteiger partial charge in [-0.2, -0.15) is 26.3 Å². The molecule has 0 atom stereocenters. The van der Waals surface area contributed by atoms with Crippen LogP contribution in [0.3, 0.4) is 0 Å². The van der Waals surface area contributed by atoms with Gasteiger partial charge in [0.15, 0.2) is 0 Å². The molecule has 116 valence electrons. The van der Waals surface area contributed by atoms with Crippen LogP contribution in [0.15, 0.2) is 23.1 Å². The van der Waals surface area contributed by atoms with E-state index in [1.807, 2.05) is 0 Å². The van der Waals surface area contributed by atoms with Crippen molar-refractivity contribution in [2.45, 2.75) is 17.2 Å². The van der Waals surface area contributed by atoms with Crippen LogP contribution in [0.5, 0.6) is 0 Å². The van der Waals surface area contributed by atoms with Gasteiger partial charge >= 0.3 is 24.2 Å². The zero-order valence-electron chi connectivity index (χ0n) is 9.76. The second-order valence-corrected chi connectivity index (χ2v) is 4.05. The molecule has 0 saturated carbocycles. The maximum atomic E-state index is 12.1. The Balaban J connectivity index is 2.99. The van der Waals surface area contributed by atoms with Crippen LogP contribution in [-0.2, 0) is 9.59 Å². The Hall–Kier alpha value is -1.91. The summed E-state index contributed by atoms with van der Waals surface area (Å²) < 4.78 is 72.5. The summed E-state index contributed by atoms with van der Waals surface area (Å²) in [7, 11) is 0. The number of carbonyl (C=O) groups is 2. The van der Waals surface area contributed by atoms with Gasteiger partial charge in [-0.05, 0) is 12.1 Å². The first-order valence-corrected chi connectivity index (χ1v) is 5.46. The summed E-state index contributed by atoms with van der Waals surface area (Å²) in [6.07, 6.45) is -10.4. The quantitative estimate of drug-likeness (QED) is 0.576. The number of rotatable bonds is 2. The minimum absolute atomic E-state index is 0.451. The zero-order chi connectivity index (χ0) is 16.4. The molecule has 11 heteroatoms. The normalized spacial score (nSPS) is 12.0. The highest BCUT2D eigenvalue weighted by molar-refractivity contribution is 7.80. The van der Waals surface area contributed by atoms with Crippen molar-refractivity contribution >= 4 is 35.8 Å². The molecule has 0 aliphatic carbocycles. The van der Waals surface area contributed by atoms with Gasteiger partial charge in [-0.15, -0.1) is 12.6 Å². The van der Waals surface area contributed by atoms with E-state index in [2.05, 4.69) is 12.6 Å². The first kappa shape index (κ1) is 17.1. The molecule has 1 aromatic rings. The molecule has 4 nitrogen and oxygen atoms in total. The highest BCUT2D eigenvalue weighted by Crippen LogP contribution is 2.30. The van der Waals surface area contributed by atoms with Crippen LogP contribution < -0.4 is 10.6 Å². The third-order valence-corrected chi connectivity index (χ3v) is 2.53. The maximum absolute atomic E-state index is 12.1. The molecule has 0 radical (unpaired) electrons. The van der Waals surface area contributed by atoms with Crippen molar-refractivity contribution in [3.63, 3.8) is 0 Å². The average molecular weight is 332 g/mol. The van der Waals surface area contributed by atoms with E-state index in [1.54, 1.807) is 0 Å². The lowest BCUT2D eigenvalue weighted by atomic mass is 10.2. The Bertz CT molecular complexity index is 523. The van der Waals surface area contributed by atoms with Crippen LogP contribution >= 0.6 is 12.6 Å². The van der Waals surface area contributed by atoms with Crippen LogP contribution in [0.1, 0.15) is 0 Å². The van der Waals surface area contributed by atoms with Crippen LogP contribution in [0, 0.1) is 0 Å². The minimum Gasteiger partial charge on any atom is -0.317 e. The number of thiol groups is 1. The Morgan fingerprint density at radius 3 is 1.48 bits per heavy atom. The van der Waals surface area contributed by atoms with Gasteiger partial charge in [-0.3, -0.25) is 9.59 Å². The Kier molecular flexibility index (Phi) is 4.76. The zero-order valence-corrected chi connectivity index (χ0v) is 10.7. The molecule has 2 amide bonds. The lowest BCUT2D eigenvalue weighted by molar-refractivity contribution is -0.167. The van der Waals surface area contributed by atoms with E-state index in [1.165, 1.54) is 10.6 Å². The minimum atomic E-state index is -5.18. The monoisotopic (exact) mass is 332 g/mol. The van der Waals surface area contributed by atoms with Gasteiger partial charge in [-0.1, -0.05) is 6.07 Å². The number of nitrogens with one attached hydrogen (secondary N) is 2. The predicted octanol–water partition coefficient (Wildman–Crippen LogP) is 2.98.